The monoisotopic (exact) mass is 355 g/mol. The Bertz CT molecular complexity index is 862. The molecule has 0 bridgehead atoms. The van der Waals surface area contributed by atoms with E-state index in [0.717, 1.165) is 36.9 Å². The third-order valence-corrected chi connectivity index (χ3v) is 5.19. The van der Waals surface area contributed by atoms with Gasteiger partial charge < -0.3 is 15.6 Å². The van der Waals surface area contributed by atoms with Gasteiger partial charge in [0.05, 0.1) is 5.01 Å². The summed E-state index contributed by atoms with van der Waals surface area (Å²) >= 11 is 1.75. The van der Waals surface area contributed by atoms with Crippen LogP contribution >= 0.6 is 11.3 Å². The predicted molar refractivity (Wildman–Crippen MR) is 107 cm³/mol. The number of aryl methyl sites for hydroxylation is 2. The molecule has 25 heavy (non-hydrogen) atoms. The van der Waals surface area contributed by atoms with Crippen LogP contribution in [0.4, 0.5) is 0 Å². The van der Waals surface area contributed by atoms with Gasteiger partial charge in [0.15, 0.2) is 5.96 Å². The summed E-state index contributed by atoms with van der Waals surface area (Å²) in [7, 11) is 1.81. The van der Waals surface area contributed by atoms with Crippen molar-refractivity contribution in [3.63, 3.8) is 0 Å². The highest BCUT2D eigenvalue weighted by molar-refractivity contribution is 7.11. The zero-order valence-electron chi connectivity index (χ0n) is 15.0. The molecule has 5 nitrogen and oxygen atoms in total. The summed E-state index contributed by atoms with van der Waals surface area (Å²) in [4.78, 5) is 13.4. The number of H-pyrrole nitrogens is 1. The number of hydrogen-bond acceptors (Lipinski definition) is 3. The van der Waals surface area contributed by atoms with Crippen LogP contribution in [0, 0.1) is 13.8 Å². The number of benzene rings is 1. The maximum Gasteiger partial charge on any atom is 0.191 e. The fourth-order valence-corrected chi connectivity index (χ4v) is 3.77. The molecule has 2 aromatic heterocycles. The number of fused-ring (bicyclic) bond motifs is 1. The number of guanidine groups is 1. The number of aromatic nitrogens is 2. The van der Waals surface area contributed by atoms with Gasteiger partial charge in [-0.3, -0.25) is 4.99 Å². The van der Waals surface area contributed by atoms with Crippen molar-refractivity contribution in [3.8, 4) is 0 Å². The van der Waals surface area contributed by atoms with Crippen LogP contribution in [0.1, 0.15) is 21.1 Å². The number of nitrogens with zero attached hydrogens (tertiary/aromatic N) is 2. The molecular formula is C19H25N5S. The first kappa shape index (κ1) is 17.5. The molecule has 2 heterocycles. The van der Waals surface area contributed by atoms with Crippen molar-refractivity contribution in [2.45, 2.75) is 26.7 Å². The Morgan fingerprint density at radius 1 is 1.16 bits per heavy atom. The minimum Gasteiger partial charge on any atom is -0.358 e. The number of rotatable bonds is 6. The normalized spacial score (nSPS) is 11.9. The Labute approximate surface area is 152 Å². The maximum absolute atomic E-state index is 4.39. The lowest BCUT2D eigenvalue weighted by atomic mass is 10.1. The van der Waals surface area contributed by atoms with Crippen molar-refractivity contribution in [2.75, 3.05) is 20.1 Å². The highest BCUT2D eigenvalue weighted by Crippen LogP contribution is 2.21. The van der Waals surface area contributed by atoms with Gasteiger partial charge in [0, 0.05) is 54.2 Å². The number of aliphatic imine (C=N–C) groups is 1. The Balaban J connectivity index is 1.48. The molecule has 0 fully saturated rings. The maximum atomic E-state index is 4.39. The van der Waals surface area contributed by atoms with Crippen LogP contribution < -0.4 is 10.6 Å². The van der Waals surface area contributed by atoms with Gasteiger partial charge in [-0.15, -0.1) is 11.3 Å². The van der Waals surface area contributed by atoms with E-state index in [4.69, 9.17) is 0 Å². The molecule has 0 aliphatic rings. The molecule has 3 N–H and O–H groups in total. The Morgan fingerprint density at radius 2 is 1.92 bits per heavy atom. The minimum atomic E-state index is 0.832. The largest absolute Gasteiger partial charge is 0.358 e. The van der Waals surface area contributed by atoms with E-state index in [1.54, 1.807) is 18.4 Å². The molecule has 0 amide bonds. The lowest BCUT2D eigenvalue weighted by molar-refractivity contribution is 0.782. The molecule has 3 aromatic rings. The lowest BCUT2D eigenvalue weighted by Gasteiger charge is -2.11. The molecule has 132 valence electrons. The van der Waals surface area contributed by atoms with E-state index in [0.29, 0.717) is 0 Å². The topological polar surface area (TPSA) is 65.1 Å². The highest BCUT2D eigenvalue weighted by Gasteiger charge is 2.08. The molecule has 0 atom stereocenters. The molecular weight excluding hydrogens is 330 g/mol. The van der Waals surface area contributed by atoms with Crippen molar-refractivity contribution >= 4 is 28.2 Å². The van der Waals surface area contributed by atoms with E-state index in [9.17, 15) is 0 Å². The molecule has 0 aliphatic carbocycles. The van der Waals surface area contributed by atoms with Gasteiger partial charge in [-0.05, 0) is 31.9 Å². The summed E-state index contributed by atoms with van der Waals surface area (Å²) in [6, 6.07) is 8.46. The summed E-state index contributed by atoms with van der Waals surface area (Å²) in [5.74, 6) is 0.839. The molecule has 3 rings (SSSR count). The van der Waals surface area contributed by atoms with Crippen LogP contribution in [0.25, 0.3) is 10.9 Å². The van der Waals surface area contributed by atoms with Crippen molar-refractivity contribution in [1.82, 2.24) is 20.6 Å². The van der Waals surface area contributed by atoms with Gasteiger partial charge in [-0.2, -0.15) is 0 Å². The Morgan fingerprint density at radius 3 is 2.64 bits per heavy atom. The van der Waals surface area contributed by atoms with E-state index in [1.165, 1.54) is 27.0 Å². The number of aromatic amines is 1. The van der Waals surface area contributed by atoms with Crippen LogP contribution in [0.2, 0.25) is 0 Å². The third kappa shape index (κ3) is 4.39. The second kappa shape index (κ2) is 8.16. The summed E-state index contributed by atoms with van der Waals surface area (Å²) in [5, 5.41) is 9.23. The fraction of sp³-hybridized carbons (Fsp3) is 0.368. The average Bonchev–Trinajstić information content (AvgIpc) is 3.16. The number of para-hydroxylation sites is 1. The van der Waals surface area contributed by atoms with Crippen molar-refractivity contribution in [2.24, 2.45) is 4.99 Å². The molecule has 0 unspecified atom stereocenters. The first-order valence-corrected chi connectivity index (χ1v) is 9.41. The van der Waals surface area contributed by atoms with Crippen LogP contribution in [0.15, 0.2) is 35.5 Å². The number of hydrogen-bond donors (Lipinski definition) is 3. The van der Waals surface area contributed by atoms with Crippen molar-refractivity contribution in [1.29, 1.82) is 0 Å². The molecule has 6 heteroatoms. The average molecular weight is 356 g/mol. The van der Waals surface area contributed by atoms with Crippen LogP contribution in [0.5, 0.6) is 0 Å². The standard InChI is InChI=1S/C19H25N5S/c1-13-12-23-18(25-13)9-11-22-19(20-3)21-10-8-15-14(2)24-17-7-5-4-6-16(15)17/h4-7,12,24H,8-11H2,1-3H3,(H2,20,21,22). The summed E-state index contributed by atoms with van der Waals surface area (Å²) in [6.45, 7) is 5.90. The fourth-order valence-electron chi connectivity index (χ4n) is 2.99. The highest BCUT2D eigenvalue weighted by atomic mass is 32.1. The van der Waals surface area contributed by atoms with E-state index in [2.05, 4.69) is 63.7 Å². The second-order valence-corrected chi connectivity index (χ2v) is 7.38. The van der Waals surface area contributed by atoms with Gasteiger partial charge in [-0.1, -0.05) is 18.2 Å². The predicted octanol–water partition coefficient (Wildman–Crippen LogP) is 3.19. The van der Waals surface area contributed by atoms with E-state index < -0.39 is 0 Å². The van der Waals surface area contributed by atoms with Gasteiger partial charge >= 0.3 is 0 Å². The number of nitrogens with one attached hydrogen (secondary N) is 3. The van der Waals surface area contributed by atoms with Gasteiger partial charge in [0.25, 0.3) is 0 Å². The number of thiazole rings is 1. The zero-order valence-corrected chi connectivity index (χ0v) is 15.8. The Kier molecular flexibility index (Phi) is 5.71. The first-order chi connectivity index (χ1) is 12.2. The summed E-state index contributed by atoms with van der Waals surface area (Å²) in [5.41, 5.74) is 3.82. The van der Waals surface area contributed by atoms with E-state index in [-0.39, 0.29) is 0 Å². The molecule has 0 saturated carbocycles. The summed E-state index contributed by atoms with van der Waals surface area (Å²) in [6.07, 6.45) is 3.81. The minimum absolute atomic E-state index is 0.832. The lowest BCUT2D eigenvalue weighted by Crippen LogP contribution is -2.39. The van der Waals surface area contributed by atoms with Crippen LogP contribution in [-0.2, 0) is 12.8 Å². The van der Waals surface area contributed by atoms with E-state index in [1.807, 2.05) is 6.20 Å². The Hall–Kier alpha value is -2.34. The quantitative estimate of drug-likeness (QED) is 0.470. The summed E-state index contributed by atoms with van der Waals surface area (Å²) < 4.78 is 0. The van der Waals surface area contributed by atoms with Crippen molar-refractivity contribution in [3.05, 3.63) is 51.6 Å². The van der Waals surface area contributed by atoms with Gasteiger partial charge in [0.1, 0.15) is 0 Å². The molecule has 1 aromatic carbocycles. The van der Waals surface area contributed by atoms with E-state index >= 15 is 0 Å². The molecule has 0 saturated heterocycles. The third-order valence-electron chi connectivity index (χ3n) is 4.22. The smallest absolute Gasteiger partial charge is 0.191 e. The van der Waals surface area contributed by atoms with Gasteiger partial charge in [0.2, 0.25) is 0 Å². The molecule has 0 radical (unpaired) electrons. The van der Waals surface area contributed by atoms with Crippen molar-refractivity contribution < 1.29 is 0 Å². The van der Waals surface area contributed by atoms with Crippen LogP contribution in [-0.4, -0.2) is 36.1 Å². The first-order valence-electron chi connectivity index (χ1n) is 8.59. The SMILES string of the molecule is CN=C(NCCc1ncc(C)s1)NCCc1c(C)[nH]c2ccccc12. The molecule has 0 spiro atoms. The molecule has 0 aliphatic heterocycles. The zero-order chi connectivity index (χ0) is 17.6. The van der Waals surface area contributed by atoms with Crippen LogP contribution in [0.3, 0.4) is 0 Å². The van der Waals surface area contributed by atoms with Gasteiger partial charge in [-0.25, -0.2) is 4.98 Å². The second-order valence-electron chi connectivity index (χ2n) is 6.06.